The third-order valence-electron chi connectivity index (χ3n) is 4.62. The van der Waals surface area contributed by atoms with Crippen LogP contribution in [-0.4, -0.2) is 12.6 Å². The second-order valence-corrected chi connectivity index (χ2v) is 6.88. The summed E-state index contributed by atoms with van der Waals surface area (Å²) >= 11 is 6.48. The maximum absolute atomic E-state index is 11.7. The summed E-state index contributed by atoms with van der Waals surface area (Å²) in [5, 5.41) is -0.139. The number of hydrogen-bond donors (Lipinski definition) is 0. The van der Waals surface area contributed by atoms with Crippen LogP contribution in [0.2, 0.25) is 0 Å². The molecule has 1 aromatic carbocycles. The summed E-state index contributed by atoms with van der Waals surface area (Å²) in [7, 11) is 0. The molecule has 1 aliphatic rings. The van der Waals surface area contributed by atoms with Crippen LogP contribution in [0, 0.1) is 5.92 Å². The molecule has 2 nitrogen and oxygen atoms in total. The van der Waals surface area contributed by atoms with Gasteiger partial charge in [-0.05, 0) is 43.2 Å². The maximum Gasteiger partial charge on any atom is 0.308 e. The Hall–Kier alpha value is -1.02. The number of ether oxygens (including phenoxy) is 1. The van der Waals surface area contributed by atoms with Gasteiger partial charge in [-0.25, -0.2) is 0 Å². The third-order valence-corrected chi connectivity index (χ3v) is 5.05. The molecule has 1 saturated carbocycles. The standard InChI is InChI=1S/C19H27ClO2/c1-3-22-19(21)14(2)13-18(20)17-11-9-16(10-12-17)15-7-5-4-6-8-15/h9-12,14-15,18H,3-8,13H2,1-2H3. The molecule has 0 bridgehead atoms. The van der Waals surface area contributed by atoms with Crippen LogP contribution in [0.25, 0.3) is 0 Å². The highest BCUT2D eigenvalue weighted by Crippen LogP contribution is 2.34. The van der Waals surface area contributed by atoms with Crippen LogP contribution < -0.4 is 0 Å². The van der Waals surface area contributed by atoms with Crippen molar-refractivity contribution in [3.8, 4) is 0 Å². The molecule has 1 aliphatic carbocycles. The van der Waals surface area contributed by atoms with E-state index >= 15 is 0 Å². The lowest BCUT2D eigenvalue weighted by Gasteiger charge is -2.22. The molecule has 0 spiro atoms. The average Bonchev–Trinajstić information content (AvgIpc) is 2.56. The van der Waals surface area contributed by atoms with Gasteiger partial charge < -0.3 is 4.74 Å². The fourth-order valence-corrected chi connectivity index (χ4v) is 3.65. The summed E-state index contributed by atoms with van der Waals surface area (Å²) in [5.74, 6) is 0.391. The summed E-state index contributed by atoms with van der Waals surface area (Å²) < 4.78 is 5.04. The Bertz CT molecular complexity index is 463. The Morgan fingerprint density at radius 1 is 1.23 bits per heavy atom. The van der Waals surface area contributed by atoms with E-state index in [0.29, 0.717) is 13.0 Å². The predicted octanol–water partition coefficient (Wildman–Crippen LogP) is 5.60. The van der Waals surface area contributed by atoms with E-state index in [1.807, 2.05) is 13.8 Å². The number of carbonyl (C=O) groups is 1. The number of carbonyl (C=O) groups excluding carboxylic acids is 1. The van der Waals surface area contributed by atoms with Crippen molar-refractivity contribution in [2.24, 2.45) is 5.92 Å². The Balaban J connectivity index is 1.92. The molecule has 0 radical (unpaired) electrons. The van der Waals surface area contributed by atoms with Crippen molar-refractivity contribution in [2.75, 3.05) is 6.61 Å². The van der Waals surface area contributed by atoms with Crippen molar-refractivity contribution in [3.63, 3.8) is 0 Å². The van der Waals surface area contributed by atoms with Gasteiger partial charge in [0, 0.05) is 0 Å². The minimum atomic E-state index is -0.166. The lowest BCUT2D eigenvalue weighted by atomic mass is 9.84. The minimum Gasteiger partial charge on any atom is -0.466 e. The van der Waals surface area contributed by atoms with Gasteiger partial charge in [-0.2, -0.15) is 0 Å². The number of benzene rings is 1. The van der Waals surface area contributed by atoms with Crippen molar-refractivity contribution in [2.45, 2.75) is 63.7 Å². The van der Waals surface area contributed by atoms with Gasteiger partial charge in [0.15, 0.2) is 0 Å². The van der Waals surface area contributed by atoms with E-state index in [2.05, 4.69) is 24.3 Å². The van der Waals surface area contributed by atoms with Gasteiger partial charge in [0.2, 0.25) is 0 Å². The van der Waals surface area contributed by atoms with Gasteiger partial charge in [-0.15, -0.1) is 11.6 Å². The van der Waals surface area contributed by atoms with Crippen molar-refractivity contribution in [3.05, 3.63) is 35.4 Å². The molecule has 2 rings (SSSR count). The molecular formula is C19H27ClO2. The Labute approximate surface area is 139 Å². The summed E-state index contributed by atoms with van der Waals surface area (Å²) in [5.41, 5.74) is 2.53. The first kappa shape index (κ1) is 17.3. The van der Waals surface area contributed by atoms with Crippen LogP contribution in [0.5, 0.6) is 0 Å². The van der Waals surface area contributed by atoms with Gasteiger partial charge >= 0.3 is 5.97 Å². The van der Waals surface area contributed by atoms with Gasteiger partial charge in [-0.3, -0.25) is 4.79 Å². The third kappa shape index (κ3) is 4.74. The zero-order chi connectivity index (χ0) is 15.9. The van der Waals surface area contributed by atoms with Gasteiger partial charge in [0.05, 0.1) is 17.9 Å². The van der Waals surface area contributed by atoms with E-state index in [-0.39, 0.29) is 17.3 Å². The van der Waals surface area contributed by atoms with Crippen LogP contribution in [-0.2, 0) is 9.53 Å². The molecule has 0 saturated heterocycles. The second kappa shape index (κ2) is 8.57. The van der Waals surface area contributed by atoms with E-state index in [4.69, 9.17) is 16.3 Å². The van der Waals surface area contributed by atoms with Gasteiger partial charge in [0.1, 0.15) is 0 Å². The fraction of sp³-hybridized carbons (Fsp3) is 0.632. The Kier molecular flexibility index (Phi) is 6.75. The number of rotatable bonds is 6. The molecule has 3 heteroatoms. The van der Waals surface area contributed by atoms with Gasteiger partial charge in [-0.1, -0.05) is 50.5 Å². The Morgan fingerprint density at radius 3 is 2.45 bits per heavy atom. The molecular weight excluding hydrogens is 296 g/mol. The molecule has 1 aromatic rings. The summed E-state index contributed by atoms with van der Waals surface area (Å²) in [6, 6.07) is 8.68. The lowest BCUT2D eigenvalue weighted by Crippen LogP contribution is -2.16. The topological polar surface area (TPSA) is 26.3 Å². The highest BCUT2D eigenvalue weighted by atomic mass is 35.5. The highest BCUT2D eigenvalue weighted by Gasteiger charge is 2.20. The number of alkyl halides is 1. The second-order valence-electron chi connectivity index (χ2n) is 6.36. The first-order valence-corrected chi connectivity index (χ1v) is 8.96. The van der Waals surface area contributed by atoms with Crippen LogP contribution in [0.1, 0.15) is 74.8 Å². The molecule has 0 heterocycles. The highest BCUT2D eigenvalue weighted by molar-refractivity contribution is 6.20. The lowest BCUT2D eigenvalue weighted by molar-refractivity contribution is -0.147. The molecule has 0 amide bonds. The van der Waals surface area contributed by atoms with Crippen LogP contribution in [0.3, 0.4) is 0 Å². The monoisotopic (exact) mass is 322 g/mol. The largest absolute Gasteiger partial charge is 0.466 e. The first-order chi connectivity index (χ1) is 10.6. The van der Waals surface area contributed by atoms with Crippen molar-refractivity contribution in [1.82, 2.24) is 0 Å². The minimum absolute atomic E-state index is 0.139. The molecule has 122 valence electrons. The van der Waals surface area contributed by atoms with Crippen LogP contribution in [0.4, 0.5) is 0 Å². The molecule has 0 aromatic heterocycles. The van der Waals surface area contributed by atoms with E-state index in [1.165, 1.54) is 37.7 Å². The molecule has 2 atom stereocenters. The average molecular weight is 323 g/mol. The quantitative estimate of drug-likeness (QED) is 0.503. The van der Waals surface area contributed by atoms with E-state index in [1.54, 1.807) is 0 Å². The number of esters is 1. The van der Waals surface area contributed by atoms with Crippen molar-refractivity contribution < 1.29 is 9.53 Å². The molecule has 1 fully saturated rings. The van der Waals surface area contributed by atoms with E-state index < -0.39 is 0 Å². The van der Waals surface area contributed by atoms with Crippen molar-refractivity contribution in [1.29, 1.82) is 0 Å². The first-order valence-electron chi connectivity index (χ1n) is 8.52. The predicted molar refractivity (Wildman–Crippen MR) is 91.3 cm³/mol. The normalized spacial score (nSPS) is 18.7. The summed E-state index contributed by atoms with van der Waals surface area (Å²) in [4.78, 5) is 11.7. The number of halogens is 1. The molecule has 2 unspecified atom stereocenters. The Morgan fingerprint density at radius 2 is 1.86 bits per heavy atom. The van der Waals surface area contributed by atoms with Crippen molar-refractivity contribution >= 4 is 17.6 Å². The summed E-state index contributed by atoms with van der Waals surface area (Å²) in [6.07, 6.45) is 7.31. The van der Waals surface area contributed by atoms with Crippen LogP contribution in [0.15, 0.2) is 24.3 Å². The molecule has 0 aliphatic heterocycles. The smallest absolute Gasteiger partial charge is 0.308 e. The SMILES string of the molecule is CCOC(=O)C(C)CC(Cl)c1ccc(C2CCCCC2)cc1. The number of hydrogen-bond acceptors (Lipinski definition) is 2. The zero-order valence-corrected chi connectivity index (χ0v) is 14.4. The van der Waals surface area contributed by atoms with E-state index in [9.17, 15) is 4.79 Å². The van der Waals surface area contributed by atoms with E-state index in [0.717, 1.165) is 11.5 Å². The fourth-order valence-electron chi connectivity index (χ4n) is 3.24. The summed E-state index contributed by atoms with van der Waals surface area (Å²) in [6.45, 7) is 4.13. The molecule has 0 N–H and O–H groups in total. The zero-order valence-electron chi connectivity index (χ0n) is 13.7. The maximum atomic E-state index is 11.7. The molecule has 22 heavy (non-hydrogen) atoms. The van der Waals surface area contributed by atoms with Gasteiger partial charge in [0.25, 0.3) is 0 Å². The van der Waals surface area contributed by atoms with Crippen LogP contribution >= 0.6 is 11.6 Å².